The van der Waals surface area contributed by atoms with Crippen molar-refractivity contribution in [2.75, 3.05) is 10.6 Å². The van der Waals surface area contributed by atoms with Crippen LogP contribution in [0.25, 0.3) is 22.2 Å². The zero-order valence-electron chi connectivity index (χ0n) is 16.4. The fourth-order valence-electron chi connectivity index (χ4n) is 3.36. The number of nitrogens with one attached hydrogen (secondary N) is 2. The van der Waals surface area contributed by atoms with Gasteiger partial charge in [-0.1, -0.05) is 6.07 Å². The summed E-state index contributed by atoms with van der Waals surface area (Å²) in [5.74, 6) is 0.959. The first-order valence-electron chi connectivity index (χ1n) is 9.60. The number of hydrogen-bond donors (Lipinski definition) is 2. The Morgan fingerprint density at radius 2 is 2.03 bits per heavy atom. The van der Waals surface area contributed by atoms with Crippen molar-refractivity contribution in [1.29, 1.82) is 0 Å². The Balaban J connectivity index is 1.65. The molecule has 8 nitrogen and oxygen atoms in total. The number of pyridine rings is 1. The van der Waals surface area contributed by atoms with Gasteiger partial charge in [0.1, 0.15) is 17.0 Å². The van der Waals surface area contributed by atoms with Gasteiger partial charge >= 0.3 is 0 Å². The van der Waals surface area contributed by atoms with Crippen LogP contribution in [0.5, 0.6) is 5.75 Å². The van der Waals surface area contributed by atoms with Crippen LogP contribution in [-0.4, -0.2) is 32.1 Å². The lowest BCUT2D eigenvalue weighted by atomic mass is 10.0. The quantitative estimate of drug-likeness (QED) is 0.712. The molecule has 148 valence electrons. The van der Waals surface area contributed by atoms with Gasteiger partial charge in [-0.3, -0.25) is 9.59 Å². The SMILES string of the molecule is Cn1cnc2cc(-c3ccc4c(c3)OC(C)(C)C(=O)N4)nc(NC3CC3)c2c1=O. The summed E-state index contributed by atoms with van der Waals surface area (Å²) in [5, 5.41) is 6.72. The molecule has 0 bridgehead atoms. The average molecular weight is 391 g/mol. The molecule has 29 heavy (non-hydrogen) atoms. The minimum absolute atomic E-state index is 0.129. The predicted octanol–water partition coefficient (Wildman–Crippen LogP) is 2.68. The largest absolute Gasteiger partial charge is 0.476 e. The molecule has 1 aromatic carbocycles. The zero-order chi connectivity index (χ0) is 20.3. The van der Waals surface area contributed by atoms with E-state index in [9.17, 15) is 9.59 Å². The molecule has 1 aliphatic heterocycles. The Kier molecular flexibility index (Phi) is 3.68. The molecule has 2 aromatic heterocycles. The highest BCUT2D eigenvalue weighted by atomic mass is 16.5. The van der Waals surface area contributed by atoms with Crippen molar-refractivity contribution < 1.29 is 9.53 Å². The fraction of sp³-hybridized carbons (Fsp3) is 0.333. The molecule has 0 unspecified atom stereocenters. The number of rotatable bonds is 3. The molecule has 2 aliphatic rings. The number of ether oxygens (including phenoxy) is 1. The first-order chi connectivity index (χ1) is 13.8. The van der Waals surface area contributed by atoms with Gasteiger partial charge < -0.3 is 19.9 Å². The maximum atomic E-state index is 12.7. The minimum atomic E-state index is -0.950. The third-order valence-corrected chi connectivity index (χ3v) is 5.26. The fourth-order valence-corrected chi connectivity index (χ4v) is 3.36. The van der Waals surface area contributed by atoms with E-state index in [1.165, 1.54) is 10.9 Å². The van der Waals surface area contributed by atoms with Crippen molar-refractivity contribution >= 4 is 28.3 Å². The second-order valence-electron chi connectivity index (χ2n) is 8.11. The first-order valence-corrected chi connectivity index (χ1v) is 9.60. The van der Waals surface area contributed by atoms with E-state index in [1.807, 2.05) is 18.2 Å². The van der Waals surface area contributed by atoms with Gasteiger partial charge in [0.15, 0.2) is 5.60 Å². The number of carbonyl (C=O) groups excluding carboxylic acids is 1. The van der Waals surface area contributed by atoms with Crippen LogP contribution in [0.3, 0.4) is 0 Å². The third-order valence-electron chi connectivity index (χ3n) is 5.26. The molecule has 1 aliphatic carbocycles. The van der Waals surface area contributed by atoms with Crippen molar-refractivity contribution in [3.8, 4) is 17.0 Å². The molecule has 0 radical (unpaired) electrons. The van der Waals surface area contributed by atoms with Gasteiger partial charge in [-0.2, -0.15) is 0 Å². The second-order valence-corrected chi connectivity index (χ2v) is 8.11. The number of nitrogens with zero attached hydrogens (tertiary/aromatic N) is 3. The van der Waals surface area contributed by atoms with E-state index in [1.54, 1.807) is 27.0 Å². The standard InChI is InChI=1S/C21H21N5O3/c1-21(2)20(28)25-13-7-4-11(8-16(13)29-21)14-9-15-17(19(27)26(3)10-22-15)18(24-14)23-12-5-6-12/h4,7-10,12H,5-6H2,1-3H3,(H,23,24)(H,25,28). The van der Waals surface area contributed by atoms with Gasteiger partial charge in [-0.15, -0.1) is 0 Å². The number of benzene rings is 1. The van der Waals surface area contributed by atoms with E-state index >= 15 is 0 Å². The smallest absolute Gasteiger partial charge is 0.268 e. The lowest BCUT2D eigenvalue weighted by Crippen LogP contribution is -2.45. The van der Waals surface area contributed by atoms with Crippen LogP contribution in [0, 0.1) is 0 Å². The van der Waals surface area contributed by atoms with E-state index in [0.717, 1.165) is 18.4 Å². The van der Waals surface area contributed by atoms with Crippen LogP contribution < -0.4 is 20.9 Å². The lowest BCUT2D eigenvalue weighted by molar-refractivity contribution is -0.129. The molecule has 0 spiro atoms. The number of aryl methyl sites for hydroxylation is 1. The first kappa shape index (κ1) is 17.7. The maximum absolute atomic E-state index is 12.7. The number of anilines is 2. The van der Waals surface area contributed by atoms with Crippen molar-refractivity contribution in [3.63, 3.8) is 0 Å². The topological polar surface area (TPSA) is 98.1 Å². The van der Waals surface area contributed by atoms with E-state index < -0.39 is 5.60 Å². The van der Waals surface area contributed by atoms with E-state index in [0.29, 0.717) is 39.9 Å². The summed E-state index contributed by atoms with van der Waals surface area (Å²) in [5.41, 5.74) is 1.64. The Morgan fingerprint density at radius 3 is 2.79 bits per heavy atom. The van der Waals surface area contributed by atoms with Crippen LogP contribution >= 0.6 is 0 Å². The van der Waals surface area contributed by atoms with Crippen LogP contribution in [0.2, 0.25) is 0 Å². The van der Waals surface area contributed by atoms with Crippen LogP contribution in [0.15, 0.2) is 35.4 Å². The van der Waals surface area contributed by atoms with Crippen LogP contribution in [0.4, 0.5) is 11.5 Å². The number of aromatic nitrogens is 3. The van der Waals surface area contributed by atoms with Gasteiger partial charge in [0.2, 0.25) is 0 Å². The molecule has 0 atom stereocenters. The van der Waals surface area contributed by atoms with Gasteiger partial charge in [-0.25, -0.2) is 9.97 Å². The van der Waals surface area contributed by atoms with Gasteiger partial charge in [0.25, 0.3) is 11.5 Å². The zero-order valence-corrected chi connectivity index (χ0v) is 16.4. The second kappa shape index (κ2) is 6.04. The highest BCUT2D eigenvalue weighted by Crippen LogP contribution is 2.37. The molecule has 1 amide bonds. The minimum Gasteiger partial charge on any atom is -0.476 e. The van der Waals surface area contributed by atoms with Crippen molar-refractivity contribution in [1.82, 2.24) is 14.5 Å². The molecule has 1 fully saturated rings. The predicted molar refractivity (Wildman–Crippen MR) is 110 cm³/mol. The summed E-state index contributed by atoms with van der Waals surface area (Å²) in [6.45, 7) is 3.45. The van der Waals surface area contributed by atoms with E-state index in [2.05, 4.69) is 15.6 Å². The normalized spacial score (nSPS) is 17.4. The number of hydrogen-bond acceptors (Lipinski definition) is 6. The molecule has 0 saturated heterocycles. The summed E-state index contributed by atoms with van der Waals surface area (Å²) < 4.78 is 7.35. The number of amides is 1. The van der Waals surface area contributed by atoms with Crippen molar-refractivity contribution in [2.24, 2.45) is 7.05 Å². The van der Waals surface area contributed by atoms with Gasteiger partial charge in [-0.05, 0) is 44.9 Å². The highest BCUT2D eigenvalue weighted by Gasteiger charge is 2.35. The Morgan fingerprint density at radius 1 is 1.24 bits per heavy atom. The highest BCUT2D eigenvalue weighted by molar-refractivity contribution is 6.00. The molecule has 3 heterocycles. The Labute approximate surface area is 166 Å². The number of fused-ring (bicyclic) bond motifs is 2. The van der Waals surface area contributed by atoms with Crippen LogP contribution in [-0.2, 0) is 11.8 Å². The molecule has 1 saturated carbocycles. The summed E-state index contributed by atoms with van der Waals surface area (Å²) >= 11 is 0. The molecular weight excluding hydrogens is 370 g/mol. The molecule has 2 N–H and O–H groups in total. The van der Waals surface area contributed by atoms with Crippen molar-refractivity contribution in [3.05, 3.63) is 40.9 Å². The maximum Gasteiger partial charge on any atom is 0.268 e. The van der Waals surface area contributed by atoms with Crippen molar-refractivity contribution in [2.45, 2.75) is 38.3 Å². The molecule has 8 heteroatoms. The van der Waals surface area contributed by atoms with Gasteiger partial charge in [0, 0.05) is 18.7 Å². The Bertz CT molecular complexity index is 1230. The monoisotopic (exact) mass is 391 g/mol. The van der Waals surface area contributed by atoms with Crippen LogP contribution in [0.1, 0.15) is 26.7 Å². The third kappa shape index (κ3) is 3.00. The Hall–Kier alpha value is -3.42. The summed E-state index contributed by atoms with van der Waals surface area (Å²) in [6, 6.07) is 7.68. The summed E-state index contributed by atoms with van der Waals surface area (Å²) in [6.07, 6.45) is 3.65. The van der Waals surface area contributed by atoms with E-state index in [-0.39, 0.29) is 11.5 Å². The molecule has 3 aromatic rings. The van der Waals surface area contributed by atoms with Gasteiger partial charge in [0.05, 0.1) is 23.2 Å². The average Bonchev–Trinajstić information content (AvgIpc) is 3.49. The summed E-state index contributed by atoms with van der Waals surface area (Å²) in [7, 11) is 1.68. The van der Waals surface area contributed by atoms with E-state index in [4.69, 9.17) is 9.72 Å². The summed E-state index contributed by atoms with van der Waals surface area (Å²) in [4.78, 5) is 33.9. The lowest BCUT2D eigenvalue weighted by Gasteiger charge is -2.31. The molecule has 5 rings (SSSR count). The number of carbonyl (C=O) groups is 1. The molecular formula is C21H21N5O3.